The first-order valence-corrected chi connectivity index (χ1v) is 11.6. The lowest BCUT2D eigenvalue weighted by molar-refractivity contribution is -0.192. The van der Waals surface area contributed by atoms with Crippen LogP contribution in [0.25, 0.3) is 10.9 Å². The third kappa shape index (κ3) is 7.49. The van der Waals surface area contributed by atoms with Crippen LogP contribution in [0, 0.1) is 11.6 Å². The lowest BCUT2D eigenvalue weighted by Gasteiger charge is -2.30. The summed E-state index contributed by atoms with van der Waals surface area (Å²) in [5.41, 5.74) is 0.744. The van der Waals surface area contributed by atoms with Crippen molar-refractivity contribution in [1.82, 2.24) is 15.3 Å². The van der Waals surface area contributed by atoms with Crippen molar-refractivity contribution in [2.45, 2.75) is 43.9 Å². The number of halogens is 5. The van der Waals surface area contributed by atoms with Crippen molar-refractivity contribution < 1.29 is 36.6 Å². The van der Waals surface area contributed by atoms with Crippen LogP contribution >= 0.6 is 0 Å². The minimum atomic E-state index is -5.08. The van der Waals surface area contributed by atoms with Crippen LogP contribution in [0.15, 0.2) is 42.5 Å². The molecule has 0 spiro atoms. The van der Waals surface area contributed by atoms with Crippen LogP contribution in [-0.4, -0.2) is 59.3 Å². The van der Waals surface area contributed by atoms with Gasteiger partial charge in [-0.3, -0.25) is 4.79 Å². The molecule has 0 atom stereocenters. The van der Waals surface area contributed by atoms with E-state index in [1.807, 2.05) is 43.3 Å². The minimum absolute atomic E-state index is 0.0511. The molecule has 8 nitrogen and oxygen atoms in total. The molecule has 13 heteroatoms. The summed E-state index contributed by atoms with van der Waals surface area (Å²) in [7, 11) is 3.91. The highest BCUT2D eigenvalue weighted by Crippen LogP contribution is 2.26. The molecule has 0 bridgehead atoms. The Balaban J connectivity index is 0.000000505. The van der Waals surface area contributed by atoms with E-state index in [4.69, 9.17) is 9.90 Å². The van der Waals surface area contributed by atoms with E-state index in [9.17, 15) is 26.7 Å². The maximum absolute atomic E-state index is 13.8. The monoisotopic (exact) mass is 539 g/mol. The van der Waals surface area contributed by atoms with E-state index in [2.05, 4.69) is 20.6 Å². The largest absolute Gasteiger partial charge is 0.490 e. The van der Waals surface area contributed by atoms with Gasteiger partial charge in [-0.2, -0.15) is 18.2 Å². The molecule has 1 aromatic heterocycles. The highest BCUT2D eigenvalue weighted by molar-refractivity contribution is 5.94. The first kappa shape index (κ1) is 28.5. The molecule has 4 rings (SSSR count). The number of para-hydroxylation sites is 1. The quantitative estimate of drug-likeness (QED) is 0.402. The van der Waals surface area contributed by atoms with Crippen molar-refractivity contribution >= 4 is 34.5 Å². The third-order valence-corrected chi connectivity index (χ3v) is 5.82. The van der Waals surface area contributed by atoms with E-state index in [1.165, 1.54) is 6.07 Å². The molecular weight excluding hydrogens is 513 g/mol. The number of alkyl halides is 3. The smallest absolute Gasteiger partial charge is 0.475 e. The standard InChI is InChI=1S/C23H25F2N5O.C2HF3O2/c1-30(2)21-18-5-3-4-6-20(18)28-23(29-21)27-16-10-8-15(9-11-16)26-22(31)17-12-7-14(24)13-19(17)25;3-2(4,5)1(6)7/h3-7,12-13,15-16H,8-11H2,1-2H3,(H,26,31)(H,27,28,29);(H,6,7). The molecule has 38 heavy (non-hydrogen) atoms. The first-order valence-electron chi connectivity index (χ1n) is 11.6. The van der Waals surface area contributed by atoms with Crippen LogP contribution in [0.2, 0.25) is 0 Å². The molecule has 1 fully saturated rings. The topological polar surface area (TPSA) is 107 Å². The van der Waals surface area contributed by atoms with E-state index in [-0.39, 0.29) is 17.6 Å². The van der Waals surface area contributed by atoms with E-state index in [1.54, 1.807) is 0 Å². The number of anilines is 2. The Hall–Kier alpha value is -4.03. The van der Waals surface area contributed by atoms with Gasteiger partial charge in [0.25, 0.3) is 5.91 Å². The van der Waals surface area contributed by atoms with Crippen molar-refractivity contribution in [2.75, 3.05) is 24.3 Å². The van der Waals surface area contributed by atoms with Gasteiger partial charge in [0.05, 0.1) is 11.1 Å². The number of benzene rings is 2. The van der Waals surface area contributed by atoms with Gasteiger partial charge in [-0.25, -0.2) is 18.6 Å². The molecule has 2 aromatic carbocycles. The Kier molecular flexibility index (Phi) is 9.02. The number of carboxylic acid groups (broad SMARTS) is 1. The molecule has 0 radical (unpaired) electrons. The Bertz CT molecular complexity index is 1290. The van der Waals surface area contributed by atoms with Crippen molar-refractivity contribution in [3.8, 4) is 0 Å². The second-order valence-corrected chi connectivity index (χ2v) is 8.88. The maximum atomic E-state index is 13.8. The number of nitrogens with zero attached hydrogens (tertiary/aromatic N) is 3. The summed E-state index contributed by atoms with van der Waals surface area (Å²) < 4.78 is 58.6. The predicted molar refractivity (Wildman–Crippen MR) is 131 cm³/mol. The molecular formula is C25H26F5N5O3. The number of rotatable bonds is 5. The Morgan fingerprint density at radius 3 is 2.16 bits per heavy atom. The highest BCUT2D eigenvalue weighted by atomic mass is 19.4. The molecule has 1 saturated carbocycles. The number of aromatic nitrogens is 2. The van der Waals surface area contributed by atoms with Crippen molar-refractivity contribution in [3.63, 3.8) is 0 Å². The van der Waals surface area contributed by atoms with E-state index in [0.29, 0.717) is 5.95 Å². The molecule has 1 aliphatic carbocycles. The van der Waals surface area contributed by atoms with Crippen molar-refractivity contribution in [1.29, 1.82) is 0 Å². The molecule has 0 aliphatic heterocycles. The number of carbonyl (C=O) groups excluding carboxylic acids is 1. The molecule has 3 aromatic rings. The van der Waals surface area contributed by atoms with Crippen molar-refractivity contribution in [3.05, 3.63) is 59.7 Å². The van der Waals surface area contributed by atoms with Crippen molar-refractivity contribution in [2.24, 2.45) is 0 Å². The van der Waals surface area contributed by atoms with Gasteiger partial charge < -0.3 is 20.6 Å². The summed E-state index contributed by atoms with van der Waals surface area (Å²) >= 11 is 0. The fourth-order valence-electron chi connectivity index (χ4n) is 3.97. The number of carboxylic acids is 1. The average Bonchev–Trinajstić information content (AvgIpc) is 2.84. The van der Waals surface area contributed by atoms with E-state index < -0.39 is 29.7 Å². The number of carbonyl (C=O) groups is 2. The van der Waals surface area contributed by atoms with Crippen LogP contribution in [0.4, 0.5) is 33.7 Å². The van der Waals surface area contributed by atoms with Gasteiger partial charge in [0.1, 0.15) is 17.5 Å². The fourth-order valence-corrected chi connectivity index (χ4v) is 3.97. The van der Waals surface area contributed by atoms with Crippen LogP contribution in [0.1, 0.15) is 36.0 Å². The number of nitrogens with one attached hydrogen (secondary N) is 2. The molecule has 1 heterocycles. The number of fused-ring (bicyclic) bond motifs is 1. The summed E-state index contributed by atoms with van der Waals surface area (Å²) in [6.45, 7) is 0. The Labute approximate surface area is 214 Å². The molecule has 204 valence electrons. The van der Waals surface area contributed by atoms with Gasteiger partial charge in [-0.05, 0) is 49.9 Å². The summed E-state index contributed by atoms with van der Waals surface area (Å²) in [5.74, 6) is -3.37. The zero-order valence-corrected chi connectivity index (χ0v) is 20.5. The average molecular weight is 540 g/mol. The zero-order chi connectivity index (χ0) is 28.0. The zero-order valence-electron chi connectivity index (χ0n) is 20.5. The van der Waals surface area contributed by atoms with Gasteiger partial charge in [-0.15, -0.1) is 0 Å². The van der Waals surface area contributed by atoms with E-state index in [0.717, 1.165) is 54.5 Å². The lowest BCUT2D eigenvalue weighted by Crippen LogP contribution is -2.40. The lowest BCUT2D eigenvalue weighted by atomic mass is 9.91. The normalized spacial score (nSPS) is 17.2. The molecule has 0 saturated heterocycles. The summed E-state index contributed by atoms with van der Waals surface area (Å²) in [6.07, 6.45) is -1.94. The molecule has 0 unspecified atom stereocenters. The molecule has 1 aliphatic rings. The highest BCUT2D eigenvalue weighted by Gasteiger charge is 2.38. The first-order chi connectivity index (χ1) is 17.8. The summed E-state index contributed by atoms with van der Waals surface area (Å²) in [4.78, 5) is 32.5. The van der Waals surface area contributed by atoms with Crippen LogP contribution in [0.3, 0.4) is 0 Å². The summed E-state index contributed by atoms with van der Waals surface area (Å²) in [5, 5.41) is 14.4. The summed E-state index contributed by atoms with van der Waals surface area (Å²) in [6, 6.07) is 11.0. The Morgan fingerprint density at radius 1 is 0.974 bits per heavy atom. The number of amides is 1. The predicted octanol–water partition coefficient (Wildman–Crippen LogP) is 4.76. The number of hydrogen-bond donors (Lipinski definition) is 3. The molecule has 1 amide bonds. The SMILES string of the molecule is CN(C)c1nc(NC2CCC(NC(=O)c3ccc(F)cc3F)CC2)nc2ccccc12.O=C(O)C(F)(F)F. The van der Waals surface area contributed by atoms with Crippen LogP contribution in [-0.2, 0) is 4.79 Å². The molecule has 3 N–H and O–H groups in total. The van der Waals surface area contributed by atoms with Gasteiger partial charge in [0.15, 0.2) is 0 Å². The number of hydrogen-bond acceptors (Lipinski definition) is 6. The second-order valence-electron chi connectivity index (χ2n) is 8.88. The Morgan fingerprint density at radius 2 is 1.58 bits per heavy atom. The fraction of sp³-hybridized carbons (Fsp3) is 0.360. The van der Waals surface area contributed by atoms with Gasteiger partial charge in [-0.1, -0.05) is 12.1 Å². The van der Waals surface area contributed by atoms with Crippen LogP contribution in [0.5, 0.6) is 0 Å². The number of aliphatic carboxylic acids is 1. The van der Waals surface area contributed by atoms with Gasteiger partial charge in [0, 0.05) is 37.6 Å². The van der Waals surface area contributed by atoms with E-state index >= 15 is 0 Å². The van der Waals surface area contributed by atoms with Gasteiger partial charge in [0.2, 0.25) is 5.95 Å². The second kappa shape index (κ2) is 12.0. The van der Waals surface area contributed by atoms with Gasteiger partial charge >= 0.3 is 12.1 Å². The maximum Gasteiger partial charge on any atom is 0.490 e. The minimum Gasteiger partial charge on any atom is -0.475 e. The third-order valence-electron chi connectivity index (χ3n) is 5.82. The van der Waals surface area contributed by atoms with Crippen LogP contribution < -0.4 is 15.5 Å².